The van der Waals surface area contributed by atoms with Gasteiger partial charge in [0.1, 0.15) is 5.78 Å². The Balaban J connectivity index is 1.62. The number of ketones is 1. The number of carbonyl (C=O) groups is 2. The van der Waals surface area contributed by atoms with Crippen molar-refractivity contribution in [3.63, 3.8) is 0 Å². The van der Waals surface area contributed by atoms with Crippen molar-refractivity contribution in [2.45, 2.75) is 78.6 Å². The molecule has 3 nitrogen and oxygen atoms in total. The number of benzene rings is 1. The SMILES string of the molecule is CCC(C)(C)C(=O)[C@H]1CC[C@H]2[C@@H]3CCc4cc(C(=O)O)ccc4[C@H]3CC[C@]12C. The normalized spacial score (nSPS) is 34.3. The van der Waals surface area contributed by atoms with Gasteiger partial charge in [0.2, 0.25) is 0 Å². The lowest BCUT2D eigenvalue weighted by Crippen LogP contribution is -2.46. The lowest BCUT2D eigenvalue weighted by molar-refractivity contribution is -0.136. The first-order chi connectivity index (χ1) is 13.2. The van der Waals surface area contributed by atoms with Crippen molar-refractivity contribution in [2.24, 2.45) is 28.6 Å². The van der Waals surface area contributed by atoms with E-state index in [0.717, 1.165) is 38.5 Å². The van der Waals surface area contributed by atoms with Crippen molar-refractivity contribution in [3.8, 4) is 0 Å². The molecule has 0 saturated heterocycles. The van der Waals surface area contributed by atoms with Gasteiger partial charge < -0.3 is 5.11 Å². The lowest BCUT2D eigenvalue weighted by Gasteiger charge is -2.51. The Morgan fingerprint density at radius 2 is 1.93 bits per heavy atom. The van der Waals surface area contributed by atoms with Crippen molar-refractivity contribution >= 4 is 11.8 Å². The topological polar surface area (TPSA) is 54.4 Å². The van der Waals surface area contributed by atoms with Crippen molar-refractivity contribution in [2.75, 3.05) is 0 Å². The average molecular weight is 383 g/mol. The highest BCUT2D eigenvalue weighted by molar-refractivity contribution is 5.88. The summed E-state index contributed by atoms with van der Waals surface area (Å²) in [6, 6.07) is 5.75. The molecule has 5 atom stereocenters. The quantitative estimate of drug-likeness (QED) is 0.709. The van der Waals surface area contributed by atoms with E-state index in [0.29, 0.717) is 29.1 Å². The molecule has 0 bridgehead atoms. The summed E-state index contributed by atoms with van der Waals surface area (Å²) in [7, 11) is 0. The number of aromatic carboxylic acids is 1. The number of hydrogen-bond donors (Lipinski definition) is 1. The molecule has 0 heterocycles. The van der Waals surface area contributed by atoms with Gasteiger partial charge in [0.05, 0.1) is 5.56 Å². The van der Waals surface area contributed by atoms with Gasteiger partial charge in [-0.3, -0.25) is 4.79 Å². The summed E-state index contributed by atoms with van der Waals surface area (Å²) >= 11 is 0. The number of carboxylic acids is 1. The summed E-state index contributed by atoms with van der Waals surface area (Å²) in [6.07, 6.45) is 7.51. The second-order valence-corrected chi connectivity index (χ2v) is 10.4. The van der Waals surface area contributed by atoms with E-state index in [4.69, 9.17) is 0 Å². The molecule has 1 aromatic rings. The summed E-state index contributed by atoms with van der Waals surface area (Å²) in [6.45, 7) is 8.77. The Labute approximate surface area is 168 Å². The maximum Gasteiger partial charge on any atom is 0.335 e. The van der Waals surface area contributed by atoms with E-state index in [2.05, 4.69) is 33.8 Å². The van der Waals surface area contributed by atoms with Crippen LogP contribution in [0.4, 0.5) is 0 Å². The zero-order valence-electron chi connectivity index (χ0n) is 17.8. The highest BCUT2D eigenvalue weighted by Crippen LogP contribution is 2.63. The number of aryl methyl sites for hydroxylation is 1. The van der Waals surface area contributed by atoms with E-state index in [9.17, 15) is 14.7 Å². The summed E-state index contributed by atoms with van der Waals surface area (Å²) in [4.78, 5) is 24.7. The van der Waals surface area contributed by atoms with Gasteiger partial charge in [0.15, 0.2) is 0 Å². The molecule has 0 unspecified atom stereocenters. The lowest BCUT2D eigenvalue weighted by atomic mass is 9.53. The van der Waals surface area contributed by atoms with Crippen LogP contribution in [0.25, 0.3) is 0 Å². The third-order valence-corrected chi connectivity index (χ3v) is 8.84. The minimum Gasteiger partial charge on any atom is -0.478 e. The number of Topliss-reactive ketones (excluding diaryl/α,β-unsaturated/α-hetero) is 1. The molecule has 28 heavy (non-hydrogen) atoms. The largest absolute Gasteiger partial charge is 0.478 e. The first-order valence-electron chi connectivity index (χ1n) is 11.1. The van der Waals surface area contributed by atoms with Crippen LogP contribution < -0.4 is 0 Å². The first-order valence-corrected chi connectivity index (χ1v) is 11.1. The molecule has 3 heteroatoms. The second-order valence-electron chi connectivity index (χ2n) is 10.4. The van der Waals surface area contributed by atoms with E-state index in [-0.39, 0.29) is 16.7 Å². The van der Waals surface area contributed by atoms with E-state index >= 15 is 0 Å². The van der Waals surface area contributed by atoms with E-state index in [1.807, 2.05) is 6.07 Å². The highest BCUT2D eigenvalue weighted by Gasteiger charge is 2.57. The van der Waals surface area contributed by atoms with Crippen LogP contribution in [0.2, 0.25) is 0 Å². The van der Waals surface area contributed by atoms with Gasteiger partial charge >= 0.3 is 5.97 Å². The molecule has 4 rings (SSSR count). The van der Waals surface area contributed by atoms with Crippen molar-refractivity contribution in [1.82, 2.24) is 0 Å². The van der Waals surface area contributed by atoms with Crippen LogP contribution in [0.3, 0.4) is 0 Å². The second kappa shape index (κ2) is 6.71. The average Bonchev–Trinajstić information content (AvgIpc) is 3.03. The number of carbonyl (C=O) groups excluding carboxylic acids is 1. The Kier molecular flexibility index (Phi) is 4.71. The summed E-state index contributed by atoms with van der Waals surface area (Å²) < 4.78 is 0. The number of fused-ring (bicyclic) bond motifs is 5. The zero-order valence-corrected chi connectivity index (χ0v) is 17.8. The van der Waals surface area contributed by atoms with Gasteiger partial charge in [-0.15, -0.1) is 0 Å². The molecule has 1 aromatic carbocycles. The first kappa shape index (κ1) is 19.7. The fourth-order valence-corrected chi connectivity index (χ4v) is 6.79. The molecule has 0 aromatic heterocycles. The molecule has 3 aliphatic carbocycles. The van der Waals surface area contributed by atoms with Crippen molar-refractivity contribution in [1.29, 1.82) is 0 Å². The summed E-state index contributed by atoms with van der Waals surface area (Å²) in [5.74, 6) is 1.67. The Morgan fingerprint density at radius 1 is 1.18 bits per heavy atom. The number of hydrogen-bond acceptors (Lipinski definition) is 2. The molecule has 2 fully saturated rings. The van der Waals surface area contributed by atoms with Gasteiger partial charge in [-0.1, -0.05) is 33.8 Å². The van der Waals surface area contributed by atoms with Gasteiger partial charge in [0, 0.05) is 11.3 Å². The molecular weight excluding hydrogens is 348 g/mol. The maximum absolute atomic E-state index is 13.4. The fourth-order valence-electron chi connectivity index (χ4n) is 6.79. The smallest absolute Gasteiger partial charge is 0.335 e. The fraction of sp³-hybridized carbons (Fsp3) is 0.680. The molecule has 0 radical (unpaired) electrons. The molecule has 0 aliphatic heterocycles. The van der Waals surface area contributed by atoms with Crippen LogP contribution in [0.5, 0.6) is 0 Å². The zero-order chi connectivity index (χ0) is 20.3. The minimum atomic E-state index is -0.836. The Bertz CT molecular complexity index is 808. The van der Waals surface area contributed by atoms with E-state index in [1.54, 1.807) is 6.07 Å². The molecule has 3 aliphatic rings. The van der Waals surface area contributed by atoms with Gasteiger partial charge in [-0.25, -0.2) is 4.79 Å². The van der Waals surface area contributed by atoms with Crippen molar-refractivity contribution in [3.05, 3.63) is 34.9 Å². The molecule has 0 spiro atoms. The summed E-state index contributed by atoms with van der Waals surface area (Å²) in [5, 5.41) is 9.31. The molecule has 2 saturated carbocycles. The molecule has 1 N–H and O–H groups in total. The number of carboxylic acid groups (broad SMARTS) is 1. The Morgan fingerprint density at radius 3 is 2.61 bits per heavy atom. The van der Waals surface area contributed by atoms with Crippen LogP contribution in [0.1, 0.15) is 93.6 Å². The monoisotopic (exact) mass is 382 g/mol. The predicted molar refractivity (Wildman–Crippen MR) is 111 cm³/mol. The Hall–Kier alpha value is -1.64. The van der Waals surface area contributed by atoms with E-state index < -0.39 is 5.97 Å². The summed E-state index contributed by atoms with van der Waals surface area (Å²) in [5.41, 5.74) is 2.95. The third-order valence-electron chi connectivity index (χ3n) is 8.84. The van der Waals surface area contributed by atoms with Crippen LogP contribution in [-0.2, 0) is 11.2 Å². The van der Waals surface area contributed by atoms with Crippen LogP contribution in [0, 0.1) is 28.6 Å². The molecule has 0 amide bonds. The predicted octanol–water partition coefficient (Wildman–Crippen LogP) is 5.86. The highest BCUT2D eigenvalue weighted by atomic mass is 16.4. The van der Waals surface area contributed by atoms with Crippen molar-refractivity contribution < 1.29 is 14.7 Å². The van der Waals surface area contributed by atoms with Crippen LogP contribution in [0.15, 0.2) is 18.2 Å². The molecular formula is C25H34O3. The minimum absolute atomic E-state index is 0.142. The van der Waals surface area contributed by atoms with Crippen LogP contribution >= 0.6 is 0 Å². The molecule has 152 valence electrons. The maximum atomic E-state index is 13.4. The van der Waals surface area contributed by atoms with E-state index in [1.165, 1.54) is 17.5 Å². The number of rotatable bonds is 4. The van der Waals surface area contributed by atoms with Gasteiger partial charge in [-0.2, -0.15) is 0 Å². The van der Waals surface area contributed by atoms with Crippen LogP contribution in [-0.4, -0.2) is 16.9 Å². The standard InChI is InChI=1S/C25H34O3/c1-5-24(2,3)22(26)21-11-10-20-19-9-6-15-14-16(23(27)28)7-8-17(15)18(19)12-13-25(20,21)4/h7-8,14,18-21H,5-6,9-13H2,1-4H3,(H,27,28)/t18-,19-,20+,21-,25+/m1/s1. The van der Waals surface area contributed by atoms with Gasteiger partial charge in [0.25, 0.3) is 0 Å². The van der Waals surface area contributed by atoms with Gasteiger partial charge in [-0.05, 0) is 91.4 Å². The third kappa shape index (κ3) is 2.84.